The molecule has 0 radical (unpaired) electrons. The third-order valence-corrected chi connectivity index (χ3v) is 11.1. The van der Waals surface area contributed by atoms with E-state index in [1.807, 2.05) is 36.4 Å². The van der Waals surface area contributed by atoms with Gasteiger partial charge in [0.1, 0.15) is 11.7 Å². The summed E-state index contributed by atoms with van der Waals surface area (Å²) in [7, 11) is 0. The molecule has 0 amide bonds. The summed E-state index contributed by atoms with van der Waals surface area (Å²) in [5, 5.41) is 5.99. The van der Waals surface area contributed by atoms with Gasteiger partial charge in [-0.1, -0.05) is 194 Å². The van der Waals surface area contributed by atoms with Crippen LogP contribution in [-0.2, 0) is 6.42 Å². The Kier molecular flexibility index (Phi) is 9.45. The number of hydrogen-bond donors (Lipinski definition) is 2. The van der Waals surface area contributed by atoms with Crippen LogP contribution in [0.2, 0.25) is 0 Å². The fraction of sp³-hybridized carbons (Fsp3) is 0.0370. The number of rotatable bonds is 9. The van der Waals surface area contributed by atoms with Crippen molar-refractivity contribution in [1.82, 2.24) is 9.55 Å². The van der Waals surface area contributed by atoms with Crippen molar-refractivity contribution in [3.8, 4) is 39.3 Å². The molecule has 1 aliphatic heterocycles. The lowest BCUT2D eigenvalue weighted by molar-refractivity contribution is 1.10. The van der Waals surface area contributed by atoms with Gasteiger partial charge in [0.05, 0.1) is 22.4 Å². The molecule has 10 rings (SSSR count). The summed E-state index contributed by atoms with van der Waals surface area (Å²) in [4.78, 5) is 10.4. The van der Waals surface area contributed by atoms with Crippen molar-refractivity contribution in [3.63, 3.8) is 0 Å². The van der Waals surface area contributed by atoms with Crippen molar-refractivity contribution in [2.24, 2.45) is 10.7 Å². The predicted molar refractivity (Wildman–Crippen MR) is 248 cm³/mol. The van der Waals surface area contributed by atoms with E-state index in [0.29, 0.717) is 5.84 Å². The number of benzene rings is 8. The number of anilines is 1. The highest BCUT2D eigenvalue weighted by Gasteiger charge is 2.23. The first kappa shape index (κ1) is 35.6. The number of imidazole rings is 1. The number of allylic oxidation sites excluding steroid dienone is 1. The van der Waals surface area contributed by atoms with Crippen LogP contribution in [0.5, 0.6) is 0 Å². The van der Waals surface area contributed by atoms with Gasteiger partial charge < -0.3 is 11.1 Å². The van der Waals surface area contributed by atoms with E-state index in [-0.39, 0.29) is 0 Å². The number of nitrogens with two attached hydrogens (primary N) is 1. The summed E-state index contributed by atoms with van der Waals surface area (Å²) in [6.07, 6.45) is 7.32. The summed E-state index contributed by atoms with van der Waals surface area (Å²) in [5.41, 5.74) is 21.7. The maximum atomic E-state index is 6.60. The van der Waals surface area contributed by atoms with E-state index in [1.165, 1.54) is 22.1 Å². The van der Waals surface area contributed by atoms with Crippen molar-refractivity contribution < 1.29 is 0 Å². The number of aromatic nitrogens is 2. The Morgan fingerprint density at radius 2 is 1.15 bits per heavy atom. The van der Waals surface area contributed by atoms with E-state index in [1.54, 1.807) is 0 Å². The van der Waals surface area contributed by atoms with Crippen molar-refractivity contribution in [1.29, 1.82) is 0 Å². The minimum absolute atomic E-state index is 0.485. The van der Waals surface area contributed by atoms with Crippen molar-refractivity contribution >= 4 is 45.1 Å². The van der Waals surface area contributed by atoms with Crippen LogP contribution >= 0.6 is 0 Å². The fourth-order valence-corrected chi connectivity index (χ4v) is 8.10. The lowest BCUT2D eigenvalue weighted by atomic mass is 9.98. The van der Waals surface area contributed by atoms with Crippen molar-refractivity contribution in [2.45, 2.75) is 6.42 Å². The zero-order chi connectivity index (χ0) is 39.5. The van der Waals surface area contributed by atoms with Crippen LogP contribution in [0.1, 0.15) is 22.3 Å². The van der Waals surface area contributed by atoms with Gasteiger partial charge >= 0.3 is 0 Å². The van der Waals surface area contributed by atoms with Crippen LogP contribution in [-0.4, -0.2) is 21.9 Å². The highest BCUT2D eigenvalue weighted by molar-refractivity contribution is 6.16. The van der Waals surface area contributed by atoms with Gasteiger partial charge in [-0.25, -0.2) is 9.98 Å². The normalized spacial score (nSPS) is 12.7. The molecule has 5 nitrogen and oxygen atoms in total. The molecule has 0 bridgehead atoms. The number of amidine groups is 1. The summed E-state index contributed by atoms with van der Waals surface area (Å²) >= 11 is 0. The molecule has 0 atom stereocenters. The second-order valence-electron chi connectivity index (χ2n) is 14.8. The zero-order valence-electron chi connectivity index (χ0n) is 32.5. The first-order valence-corrected chi connectivity index (χ1v) is 20.1. The van der Waals surface area contributed by atoms with E-state index in [2.05, 4.69) is 180 Å². The molecule has 282 valence electrons. The van der Waals surface area contributed by atoms with Gasteiger partial charge in [0, 0.05) is 39.7 Å². The van der Waals surface area contributed by atoms with E-state index in [0.717, 1.165) is 85.7 Å². The lowest BCUT2D eigenvalue weighted by Gasteiger charge is -2.19. The molecule has 0 spiro atoms. The number of aliphatic imine (C=N–C) groups is 1. The van der Waals surface area contributed by atoms with E-state index in [9.17, 15) is 0 Å². The first-order chi connectivity index (χ1) is 29.2. The van der Waals surface area contributed by atoms with E-state index >= 15 is 0 Å². The second-order valence-corrected chi connectivity index (χ2v) is 14.8. The van der Waals surface area contributed by atoms with Crippen LogP contribution in [0.4, 0.5) is 5.69 Å². The van der Waals surface area contributed by atoms with Gasteiger partial charge in [-0.15, -0.1) is 0 Å². The second kappa shape index (κ2) is 15.6. The molecule has 1 aliphatic rings. The largest absolute Gasteiger partial charge is 0.383 e. The van der Waals surface area contributed by atoms with E-state index in [4.69, 9.17) is 15.7 Å². The Hall–Kier alpha value is -7.76. The molecule has 0 unspecified atom stereocenters. The maximum absolute atomic E-state index is 6.60. The molecule has 0 saturated heterocycles. The Bertz CT molecular complexity index is 3020. The molecule has 1 aromatic heterocycles. The van der Waals surface area contributed by atoms with Crippen molar-refractivity contribution in [2.75, 3.05) is 11.9 Å². The Labute approximate surface area is 344 Å². The fourth-order valence-electron chi connectivity index (χ4n) is 8.10. The summed E-state index contributed by atoms with van der Waals surface area (Å²) in [6.45, 7) is 0.794. The topological polar surface area (TPSA) is 68.2 Å². The monoisotopic (exact) mass is 759 g/mol. The van der Waals surface area contributed by atoms with E-state index < -0.39 is 0 Å². The number of nitrogens with zero attached hydrogens (tertiary/aromatic N) is 3. The van der Waals surface area contributed by atoms with Gasteiger partial charge in [0.25, 0.3) is 0 Å². The first-order valence-electron chi connectivity index (χ1n) is 20.1. The number of fused-ring (bicyclic) bond motifs is 6. The van der Waals surface area contributed by atoms with Crippen LogP contribution in [0.15, 0.2) is 205 Å². The lowest BCUT2D eigenvalue weighted by Crippen LogP contribution is -2.13. The summed E-state index contributed by atoms with van der Waals surface area (Å²) in [5.74, 6) is 1.40. The van der Waals surface area contributed by atoms with Gasteiger partial charge in [0.15, 0.2) is 0 Å². The smallest absolute Gasteiger partial charge is 0.145 e. The highest BCUT2D eigenvalue weighted by atomic mass is 15.1. The zero-order valence-corrected chi connectivity index (χ0v) is 32.5. The molecule has 0 fully saturated rings. The molecule has 8 aromatic carbocycles. The molecule has 59 heavy (non-hydrogen) atoms. The SMILES string of the molecule is NC(=N/C(=C\Cc1ccc(-c2ccccc2)cc1)c1ccc(-c2ccc(-n3c(-c4ccccc4)nc4c5ccccc5c5c(c43)C=CCN5)cc2)cc1)c1ccccc1. The van der Waals surface area contributed by atoms with Crippen LogP contribution < -0.4 is 11.1 Å². The third kappa shape index (κ3) is 7.00. The summed E-state index contributed by atoms with van der Waals surface area (Å²) in [6, 6.07) is 65.6. The molecule has 3 N–H and O–H groups in total. The Morgan fingerprint density at radius 3 is 1.83 bits per heavy atom. The quantitative estimate of drug-likeness (QED) is 0.114. The van der Waals surface area contributed by atoms with Crippen molar-refractivity contribution in [3.05, 3.63) is 222 Å². The van der Waals surface area contributed by atoms with Gasteiger partial charge in [-0.05, 0) is 51.9 Å². The van der Waals surface area contributed by atoms with Crippen LogP contribution in [0.3, 0.4) is 0 Å². The minimum atomic E-state index is 0.485. The van der Waals surface area contributed by atoms with Crippen LogP contribution in [0.25, 0.3) is 72.9 Å². The molecular weight excluding hydrogens is 719 g/mol. The molecule has 0 aliphatic carbocycles. The minimum Gasteiger partial charge on any atom is -0.383 e. The molecule has 0 saturated carbocycles. The highest BCUT2D eigenvalue weighted by Crippen LogP contribution is 2.42. The van der Waals surface area contributed by atoms with Gasteiger partial charge in [0.2, 0.25) is 0 Å². The number of hydrogen-bond acceptors (Lipinski definition) is 3. The standard InChI is InChI=1S/C54H41N5/c55-53(43-15-6-2-7-16-43)57-49(35-24-37-22-25-39(26-23-37)38-13-4-1-5-14-38)42-29-27-40(28-30-42)41-31-33-45(34-32-41)59-52-48-21-12-36-56-50(48)46-19-10-11-20-47(46)51(52)58-54(59)44-17-8-3-9-18-44/h1-23,25-35,56H,24,36H2,(H2,55,57)/b49-35-. The molecule has 9 aromatic rings. The average Bonchev–Trinajstić information content (AvgIpc) is 3.73. The van der Waals surface area contributed by atoms with Gasteiger partial charge in [-0.2, -0.15) is 0 Å². The molecule has 2 heterocycles. The van der Waals surface area contributed by atoms with Gasteiger partial charge in [-0.3, -0.25) is 4.57 Å². The maximum Gasteiger partial charge on any atom is 0.145 e. The Balaban J connectivity index is 0.997. The average molecular weight is 760 g/mol. The third-order valence-electron chi connectivity index (χ3n) is 11.1. The predicted octanol–water partition coefficient (Wildman–Crippen LogP) is 12.6. The molecular formula is C54H41N5. The summed E-state index contributed by atoms with van der Waals surface area (Å²) < 4.78 is 2.32. The van der Waals surface area contributed by atoms with Crippen LogP contribution in [0, 0.1) is 0 Å². The molecule has 5 heteroatoms. The Morgan fingerprint density at radius 1 is 0.593 bits per heavy atom. The number of nitrogens with one attached hydrogen (secondary N) is 1.